The van der Waals surface area contributed by atoms with Crippen molar-refractivity contribution in [2.24, 2.45) is 0 Å². The van der Waals surface area contributed by atoms with E-state index in [4.69, 9.17) is 9.84 Å². The van der Waals surface area contributed by atoms with Crippen LogP contribution in [0.3, 0.4) is 0 Å². The zero-order chi connectivity index (χ0) is 20.4. The summed E-state index contributed by atoms with van der Waals surface area (Å²) in [6.45, 7) is -0.442. The molecule has 1 aromatic rings. The second-order valence-corrected chi connectivity index (χ2v) is 6.19. The highest BCUT2D eigenvalue weighted by Crippen LogP contribution is 2.27. The van der Waals surface area contributed by atoms with Crippen molar-refractivity contribution >= 4 is 23.9 Å². The Morgan fingerprint density at radius 3 is 2.57 bits per heavy atom. The number of hydrogen-bond donors (Lipinski definition) is 3. The summed E-state index contributed by atoms with van der Waals surface area (Å²) >= 11 is 0. The van der Waals surface area contributed by atoms with Crippen LogP contribution in [0.1, 0.15) is 31.1 Å². The molecule has 3 rings (SSSR count). The van der Waals surface area contributed by atoms with E-state index in [1.165, 1.54) is 0 Å². The topological polar surface area (TPSA) is 168 Å². The third kappa shape index (κ3) is 3.93. The van der Waals surface area contributed by atoms with E-state index >= 15 is 0 Å². The van der Waals surface area contributed by atoms with Gasteiger partial charge >= 0.3 is 11.7 Å². The Kier molecular flexibility index (Phi) is 5.53. The zero-order valence-corrected chi connectivity index (χ0v) is 14.4. The zero-order valence-electron chi connectivity index (χ0n) is 14.4. The van der Waals surface area contributed by atoms with Crippen molar-refractivity contribution in [3.05, 3.63) is 38.7 Å². The quantitative estimate of drug-likeness (QED) is 0.370. The van der Waals surface area contributed by atoms with Crippen molar-refractivity contribution in [3.63, 3.8) is 0 Å². The number of hydrogen-bond acceptors (Lipinski definition) is 9. The molecule has 2 saturated heterocycles. The van der Waals surface area contributed by atoms with E-state index in [-0.39, 0.29) is 24.8 Å². The number of hydroxylamine groups is 2. The molecule has 2 aliphatic rings. The molecule has 2 fully saturated rings. The molecular weight excluding hydrogens is 378 g/mol. The van der Waals surface area contributed by atoms with E-state index in [1.807, 2.05) is 4.98 Å². The number of imide groups is 1. The molecule has 3 heterocycles. The molecule has 2 amide bonds. The predicted molar refractivity (Wildman–Crippen MR) is 89.2 cm³/mol. The van der Waals surface area contributed by atoms with Crippen molar-refractivity contribution in [1.82, 2.24) is 14.6 Å². The van der Waals surface area contributed by atoms with E-state index in [2.05, 4.69) is 4.84 Å². The molecule has 12 nitrogen and oxygen atoms in total. The van der Waals surface area contributed by atoms with Crippen LogP contribution in [0.25, 0.3) is 6.08 Å². The van der Waals surface area contributed by atoms with Gasteiger partial charge in [-0.25, -0.2) is 9.59 Å². The number of nitrogens with one attached hydrogen (secondary N) is 1. The molecule has 28 heavy (non-hydrogen) atoms. The SMILES string of the molecule is O=C(/C=C/c1cn([C@H]2C[C@@H](O)[C@@H](CO)O2)c(=O)[nH]c1=O)ON1C(=O)CCC1=O. The van der Waals surface area contributed by atoms with Crippen LogP contribution in [0.2, 0.25) is 0 Å². The van der Waals surface area contributed by atoms with Gasteiger partial charge in [0, 0.05) is 31.5 Å². The average molecular weight is 395 g/mol. The number of aliphatic hydroxyl groups excluding tert-OH is 2. The fourth-order valence-corrected chi connectivity index (χ4v) is 2.82. The highest BCUT2D eigenvalue weighted by Gasteiger charge is 2.35. The van der Waals surface area contributed by atoms with Gasteiger partial charge in [-0.3, -0.25) is 23.9 Å². The summed E-state index contributed by atoms with van der Waals surface area (Å²) in [5.41, 5.74) is -1.70. The first-order valence-electron chi connectivity index (χ1n) is 8.35. The largest absolute Gasteiger partial charge is 0.394 e. The summed E-state index contributed by atoms with van der Waals surface area (Å²) in [4.78, 5) is 65.2. The van der Waals surface area contributed by atoms with Gasteiger partial charge in [-0.1, -0.05) is 0 Å². The standard InChI is InChI=1S/C16H17N3O9/c20-7-10-9(21)5-13(27-10)18-6-8(15(25)17-16(18)26)1-4-14(24)28-19-11(22)2-3-12(19)23/h1,4,6,9-10,13,20-21H,2-3,5,7H2,(H,17,25,26)/b4-1+/t9-,10-,13-/m1/s1. The molecule has 3 atom stereocenters. The molecule has 2 aliphatic heterocycles. The van der Waals surface area contributed by atoms with Gasteiger partial charge < -0.3 is 19.8 Å². The van der Waals surface area contributed by atoms with Crippen LogP contribution in [0.5, 0.6) is 0 Å². The lowest BCUT2D eigenvalue weighted by atomic mass is 10.2. The second kappa shape index (κ2) is 7.88. The Balaban J connectivity index is 1.77. The van der Waals surface area contributed by atoms with Crippen molar-refractivity contribution in [2.75, 3.05) is 6.61 Å². The molecule has 0 unspecified atom stereocenters. The van der Waals surface area contributed by atoms with Gasteiger partial charge in [0.25, 0.3) is 17.4 Å². The van der Waals surface area contributed by atoms with Crippen LogP contribution in [0.15, 0.2) is 21.9 Å². The van der Waals surface area contributed by atoms with E-state index in [1.54, 1.807) is 0 Å². The monoisotopic (exact) mass is 395 g/mol. The van der Waals surface area contributed by atoms with Crippen LogP contribution in [-0.4, -0.2) is 61.4 Å². The third-order valence-electron chi connectivity index (χ3n) is 4.28. The molecule has 0 aromatic carbocycles. The van der Waals surface area contributed by atoms with Gasteiger partial charge in [-0.05, 0) is 6.08 Å². The Hall–Kier alpha value is -3.09. The first-order chi connectivity index (χ1) is 13.3. The van der Waals surface area contributed by atoms with Crippen LogP contribution >= 0.6 is 0 Å². The molecule has 0 bridgehead atoms. The van der Waals surface area contributed by atoms with Gasteiger partial charge in [0.2, 0.25) is 0 Å². The lowest BCUT2D eigenvalue weighted by Crippen LogP contribution is -2.33. The van der Waals surface area contributed by atoms with E-state index in [0.717, 1.165) is 22.9 Å². The number of ether oxygens (including phenoxy) is 1. The Bertz CT molecular complexity index is 931. The molecule has 12 heteroatoms. The molecule has 1 aromatic heterocycles. The fourth-order valence-electron chi connectivity index (χ4n) is 2.82. The molecular formula is C16H17N3O9. The number of aromatic nitrogens is 2. The smallest absolute Gasteiger partial charge is 0.356 e. The number of aliphatic hydroxyl groups is 2. The minimum Gasteiger partial charge on any atom is -0.394 e. The number of amides is 2. The Morgan fingerprint density at radius 1 is 1.29 bits per heavy atom. The number of carbonyl (C=O) groups is 3. The average Bonchev–Trinajstić information content (AvgIpc) is 3.17. The summed E-state index contributed by atoms with van der Waals surface area (Å²) in [6.07, 6.45) is 0.110. The third-order valence-corrected chi connectivity index (χ3v) is 4.28. The fraction of sp³-hybridized carbons (Fsp3) is 0.438. The van der Waals surface area contributed by atoms with E-state index in [9.17, 15) is 29.1 Å². The molecule has 3 N–H and O–H groups in total. The summed E-state index contributed by atoms with van der Waals surface area (Å²) in [5, 5.41) is 19.3. The molecule has 0 aliphatic carbocycles. The van der Waals surface area contributed by atoms with Crippen molar-refractivity contribution in [2.45, 2.75) is 37.7 Å². The Labute approximate surface area is 156 Å². The van der Waals surface area contributed by atoms with Gasteiger partial charge in [-0.15, -0.1) is 5.06 Å². The van der Waals surface area contributed by atoms with Gasteiger partial charge in [0.1, 0.15) is 12.3 Å². The summed E-state index contributed by atoms with van der Waals surface area (Å²) in [5.74, 6) is -2.35. The first-order valence-corrected chi connectivity index (χ1v) is 8.35. The van der Waals surface area contributed by atoms with E-state index in [0.29, 0.717) is 5.06 Å². The molecule has 150 valence electrons. The number of nitrogens with zero attached hydrogens (tertiary/aromatic N) is 2. The maximum Gasteiger partial charge on any atom is 0.356 e. The highest BCUT2D eigenvalue weighted by molar-refractivity contribution is 6.02. The van der Waals surface area contributed by atoms with Gasteiger partial charge in [0.15, 0.2) is 0 Å². The van der Waals surface area contributed by atoms with E-state index < -0.39 is 54.1 Å². The predicted octanol–water partition coefficient (Wildman–Crippen LogP) is -2.20. The summed E-state index contributed by atoms with van der Waals surface area (Å²) in [6, 6.07) is 0. The lowest BCUT2D eigenvalue weighted by Gasteiger charge is -2.14. The normalized spacial score (nSPS) is 25.1. The number of carbonyl (C=O) groups excluding carboxylic acids is 3. The van der Waals surface area contributed by atoms with Crippen molar-refractivity contribution in [1.29, 1.82) is 0 Å². The number of rotatable bonds is 5. The van der Waals surface area contributed by atoms with Gasteiger partial charge in [0.05, 0.1) is 18.3 Å². The van der Waals surface area contributed by atoms with Gasteiger partial charge in [-0.2, -0.15) is 0 Å². The lowest BCUT2D eigenvalue weighted by molar-refractivity contribution is -0.193. The summed E-state index contributed by atoms with van der Waals surface area (Å²) < 4.78 is 6.38. The highest BCUT2D eigenvalue weighted by atomic mass is 16.7. The van der Waals surface area contributed by atoms with Crippen LogP contribution in [0, 0.1) is 0 Å². The minimum absolute atomic E-state index is 0.0154. The maximum absolute atomic E-state index is 12.0. The van der Waals surface area contributed by atoms with Crippen LogP contribution in [0.4, 0.5) is 0 Å². The Morgan fingerprint density at radius 2 is 1.96 bits per heavy atom. The van der Waals surface area contributed by atoms with Crippen LogP contribution in [-0.2, 0) is 24.0 Å². The molecule has 0 spiro atoms. The van der Waals surface area contributed by atoms with Crippen molar-refractivity contribution in [3.8, 4) is 0 Å². The minimum atomic E-state index is -1.06. The van der Waals surface area contributed by atoms with Crippen molar-refractivity contribution < 1.29 is 34.2 Å². The van der Waals surface area contributed by atoms with Crippen LogP contribution < -0.4 is 11.2 Å². The molecule has 0 saturated carbocycles. The second-order valence-electron chi connectivity index (χ2n) is 6.19. The summed E-state index contributed by atoms with van der Waals surface area (Å²) in [7, 11) is 0. The first kappa shape index (κ1) is 19.7. The molecule has 0 radical (unpaired) electrons. The number of H-pyrrole nitrogens is 1. The maximum atomic E-state index is 12.0. The number of aromatic amines is 1.